The second-order valence-electron chi connectivity index (χ2n) is 6.89. The Kier molecular flexibility index (Phi) is 4.74. The first-order chi connectivity index (χ1) is 13.1. The second-order valence-corrected chi connectivity index (χ2v) is 7.87. The van der Waals surface area contributed by atoms with Crippen molar-refractivity contribution in [2.24, 2.45) is 0 Å². The fourth-order valence-corrected chi connectivity index (χ4v) is 4.87. The van der Waals surface area contributed by atoms with Crippen LogP contribution in [-0.4, -0.2) is 34.8 Å². The number of amides is 1. The van der Waals surface area contributed by atoms with Crippen LogP contribution in [0.5, 0.6) is 5.75 Å². The fraction of sp³-hybridized carbons (Fsp3) is 0.333. The van der Waals surface area contributed by atoms with Crippen molar-refractivity contribution in [2.45, 2.75) is 37.8 Å². The summed E-state index contributed by atoms with van der Waals surface area (Å²) in [6, 6.07) is 10.2. The van der Waals surface area contributed by atoms with Crippen molar-refractivity contribution in [1.29, 1.82) is 0 Å². The molecule has 1 aliphatic carbocycles. The van der Waals surface area contributed by atoms with Gasteiger partial charge in [0.05, 0.1) is 18.7 Å². The number of rotatable bonds is 4. The van der Waals surface area contributed by atoms with Gasteiger partial charge in [-0.25, -0.2) is 0 Å². The average Bonchev–Trinajstić information content (AvgIpc) is 3.43. The quantitative estimate of drug-likeness (QED) is 0.490. The number of aliphatic hydroxyl groups excluding tert-OH is 1. The van der Waals surface area contributed by atoms with Gasteiger partial charge in [0.1, 0.15) is 11.5 Å². The molecule has 0 radical (unpaired) electrons. The Labute approximate surface area is 161 Å². The smallest absolute Gasteiger partial charge is 0.295 e. The van der Waals surface area contributed by atoms with Gasteiger partial charge in [0.2, 0.25) is 0 Å². The molecule has 1 aromatic carbocycles. The van der Waals surface area contributed by atoms with E-state index in [0.717, 1.165) is 30.6 Å². The van der Waals surface area contributed by atoms with Gasteiger partial charge < -0.3 is 14.7 Å². The summed E-state index contributed by atoms with van der Waals surface area (Å²) in [6.07, 6.45) is 3.92. The summed E-state index contributed by atoms with van der Waals surface area (Å²) in [7, 11) is 1.57. The molecule has 1 amide bonds. The van der Waals surface area contributed by atoms with Crippen molar-refractivity contribution in [2.75, 3.05) is 7.11 Å². The number of aliphatic hydroxyl groups is 1. The third kappa shape index (κ3) is 3.04. The zero-order chi connectivity index (χ0) is 19.0. The number of nitrogens with zero attached hydrogens (tertiary/aromatic N) is 1. The van der Waals surface area contributed by atoms with Crippen LogP contribution in [0.4, 0.5) is 0 Å². The molecular weight excluding hydrogens is 362 g/mol. The molecule has 1 aliphatic heterocycles. The van der Waals surface area contributed by atoms with Crippen LogP contribution in [0.2, 0.25) is 0 Å². The number of carbonyl (C=O) groups excluding carboxylic acids is 2. The lowest BCUT2D eigenvalue weighted by Crippen LogP contribution is -2.37. The van der Waals surface area contributed by atoms with Crippen LogP contribution in [0, 0.1) is 0 Å². The first-order valence-corrected chi connectivity index (χ1v) is 9.97. The molecule has 6 heteroatoms. The maximum atomic E-state index is 12.9. The lowest BCUT2D eigenvalue weighted by atomic mass is 9.99. The highest BCUT2D eigenvalue weighted by molar-refractivity contribution is 7.10. The molecule has 1 saturated carbocycles. The van der Waals surface area contributed by atoms with Crippen LogP contribution in [0.25, 0.3) is 5.76 Å². The molecule has 1 atom stereocenters. The highest BCUT2D eigenvalue weighted by Gasteiger charge is 2.49. The molecule has 0 bridgehead atoms. The number of carbonyl (C=O) groups is 2. The Hall–Kier alpha value is -2.60. The SMILES string of the molecule is COc1ccc(/C(O)=C2/C(=O)C(=O)N(C3CCCC3)C2c2cccs2)cc1. The van der Waals surface area contributed by atoms with E-state index in [-0.39, 0.29) is 17.4 Å². The van der Waals surface area contributed by atoms with Crippen LogP contribution in [0.3, 0.4) is 0 Å². The minimum absolute atomic E-state index is 0.0507. The van der Waals surface area contributed by atoms with Gasteiger partial charge in [-0.2, -0.15) is 0 Å². The highest BCUT2D eigenvalue weighted by Crippen LogP contribution is 2.44. The molecule has 1 N–H and O–H groups in total. The number of methoxy groups -OCH3 is 1. The molecule has 1 unspecified atom stereocenters. The molecule has 27 heavy (non-hydrogen) atoms. The monoisotopic (exact) mass is 383 g/mol. The van der Waals surface area contributed by atoms with E-state index in [2.05, 4.69) is 0 Å². The molecule has 2 heterocycles. The van der Waals surface area contributed by atoms with Crippen molar-refractivity contribution < 1.29 is 19.4 Å². The molecule has 2 aromatic rings. The molecule has 2 aliphatic rings. The first kappa shape index (κ1) is 17.8. The summed E-state index contributed by atoms with van der Waals surface area (Å²) < 4.78 is 5.15. The fourth-order valence-electron chi connectivity index (χ4n) is 4.04. The second kappa shape index (κ2) is 7.19. The molecule has 140 valence electrons. The number of ether oxygens (including phenoxy) is 1. The Morgan fingerprint density at radius 3 is 2.44 bits per heavy atom. The summed E-state index contributed by atoms with van der Waals surface area (Å²) in [5.74, 6) is -0.577. The van der Waals surface area contributed by atoms with Crippen molar-refractivity contribution in [3.8, 4) is 5.75 Å². The number of likely N-dealkylation sites (tertiary alicyclic amines) is 1. The van der Waals surface area contributed by atoms with E-state index in [0.29, 0.717) is 11.3 Å². The molecule has 1 aromatic heterocycles. The van der Waals surface area contributed by atoms with Crippen LogP contribution < -0.4 is 4.74 Å². The van der Waals surface area contributed by atoms with Gasteiger partial charge in [0, 0.05) is 16.5 Å². The molecule has 5 nitrogen and oxygen atoms in total. The van der Waals surface area contributed by atoms with Gasteiger partial charge in [0.25, 0.3) is 11.7 Å². The number of thiophene rings is 1. The summed E-state index contributed by atoms with van der Waals surface area (Å²) in [5, 5.41) is 12.9. The zero-order valence-corrected chi connectivity index (χ0v) is 15.9. The van der Waals surface area contributed by atoms with E-state index < -0.39 is 17.7 Å². The maximum Gasteiger partial charge on any atom is 0.295 e. The largest absolute Gasteiger partial charge is 0.507 e. The predicted octanol–water partition coefficient (Wildman–Crippen LogP) is 4.12. The van der Waals surface area contributed by atoms with E-state index in [4.69, 9.17) is 4.74 Å². The first-order valence-electron chi connectivity index (χ1n) is 9.09. The van der Waals surface area contributed by atoms with Gasteiger partial charge in [-0.15, -0.1) is 11.3 Å². The number of Topliss-reactive ketones (excluding diaryl/α,β-unsaturated/α-hetero) is 1. The summed E-state index contributed by atoms with van der Waals surface area (Å²) in [5.41, 5.74) is 0.682. The highest BCUT2D eigenvalue weighted by atomic mass is 32.1. The van der Waals surface area contributed by atoms with E-state index >= 15 is 0 Å². The van der Waals surface area contributed by atoms with E-state index in [1.54, 1.807) is 36.3 Å². The molecule has 0 spiro atoms. The third-order valence-electron chi connectivity index (χ3n) is 5.37. The lowest BCUT2D eigenvalue weighted by Gasteiger charge is -2.29. The average molecular weight is 383 g/mol. The summed E-state index contributed by atoms with van der Waals surface area (Å²) in [6.45, 7) is 0. The summed E-state index contributed by atoms with van der Waals surface area (Å²) in [4.78, 5) is 28.4. The van der Waals surface area contributed by atoms with Gasteiger partial charge >= 0.3 is 0 Å². The number of hydrogen-bond acceptors (Lipinski definition) is 5. The third-order valence-corrected chi connectivity index (χ3v) is 6.30. The minimum Gasteiger partial charge on any atom is -0.507 e. The van der Waals surface area contributed by atoms with Crippen molar-refractivity contribution in [3.63, 3.8) is 0 Å². The van der Waals surface area contributed by atoms with Gasteiger partial charge in [0.15, 0.2) is 0 Å². The van der Waals surface area contributed by atoms with Crippen LogP contribution >= 0.6 is 11.3 Å². The van der Waals surface area contributed by atoms with Crippen molar-refractivity contribution >= 4 is 28.8 Å². The molecule has 1 saturated heterocycles. The van der Waals surface area contributed by atoms with Crippen LogP contribution in [0.1, 0.15) is 42.2 Å². The summed E-state index contributed by atoms with van der Waals surface area (Å²) >= 11 is 1.50. The Morgan fingerprint density at radius 2 is 1.85 bits per heavy atom. The number of hydrogen-bond donors (Lipinski definition) is 1. The van der Waals surface area contributed by atoms with Crippen molar-refractivity contribution in [3.05, 3.63) is 57.8 Å². The molecular formula is C21H21NO4S. The van der Waals surface area contributed by atoms with Gasteiger partial charge in [-0.1, -0.05) is 18.9 Å². The zero-order valence-electron chi connectivity index (χ0n) is 15.1. The van der Waals surface area contributed by atoms with E-state index in [1.807, 2.05) is 17.5 Å². The minimum atomic E-state index is -0.603. The molecule has 4 rings (SSSR count). The standard InChI is InChI=1S/C21H21NO4S/c1-26-15-10-8-13(9-11-15)19(23)17-18(16-7-4-12-27-16)22(21(25)20(17)24)14-5-2-3-6-14/h4,7-12,14,18,23H,2-3,5-6H2,1H3/b19-17-. The Morgan fingerprint density at radius 1 is 1.15 bits per heavy atom. The number of benzene rings is 1. The normalized spacial score (nSPS) is 22.6. The van der Waals surface area contributed by atoms with E-state index in [1.165, 1.54) is 11.3 Å². The Balaban J connectivity index is 1.83. The lowest BCUT2D eigenvalue weighted by molar-refractivity contribution is -0.141. The molecule has 2 fully saturated rings. The van der Waals surface area contributed by atoms with Crippen LogP contribution in [-0.2, 0) is 9.59 Å². The Bertz CT molecular complexity index is 879. The number of ketones is 1. The van der Waals surface area contributed by atoms with Crippen molar-refractivity contribution in [1.82, 2.24) is 4.90 Å². The maximum absolute atomic E-state index is 12.9. The van der Waals surface area contributed by atoms with E-state index in [9.17, 15) is 14.7 Å². The topological polar surface area (TPSA) is 66.8 Å². The van der Waals surface area contributed by atoms with Gasteiger partial charge in [-0.3, -0.25) is 9.59 Å². The van der Waals surface area contributed by atoms with Crippen LogP contribution in [0.15, 0.2) is 47.4 Å². The van der Waals surface area contributed by atoms with Gasteiger partial charge in [-0.05, 0) is 48.6 Å². The predicted molar refractivity (Wildman–Crippen MR) is 104 cm³/mol.